The van der Waals surface area contributed by atoms with E-state index in [1.807, 2.05) is 0 Å². The largest absolute Gasteiger partial charge is 0.480 e. The molecule has 2 amide bonds. The summed E-state index contributed by atoms with van der Waals surface area (Å²) in [6, 6.07) is -3.36. The number of aliphatic hydroxyl groups is 1. The van der Waals surface area contributed by atoms with Gasteiger partial charge in [0.2, 0.25) is 11.8 Å². The summed E-state index contributed by atoms with van der Waals surface area (Å²) >= 11 is 0. The van der Waals surface area contributed by atoms with E-state index in [1.165, 1.54) is 12.5 Å². The molecule has 1 radical (unpaired) electrons. The number of nitrogens with one attached hydrogen (secondary N) is 3. The monoisotopic (exact) mass is 433 g/mol. The topological polar surface area (TPSA) is 196 Å². The van der Waals surface area contributed by atoms with Crippen LogP contribution in [0.3, 0.4) is 0 Å². The number of nitrogens with zero attached hydrogens (tertiary/aromatic N) is 1. The Hall–Kier alpha value is -1.98. The predicted octanol–water partition coefficient (Wildman–Crippen LogP) is -2.55. The molecule has 0 spiro atoms. The summed E-state index contributed by atoms with van der Waals surface area (Å²) in [5.41, 5.74) is 11.4. The number of aromatic nitrogens is 2. The van der Waals surface area contributed by atoms with Crippen molar-refractivity contribution < 1.29 is 41.7 Å². The van der Waals surface area contributed by atoms with E-state index in [0.717, 1.165) is 0 Å². The summed E-state index contributed by atoms with van der Waals surface area (Å²) in [5.74, 6) is -2.56. The average molecular weight is 434 g/mol. The minimum absolute atomic E-state index is 0. The molecule has 1 rings (SSSR count). The number of hydrogen-bond donors (Lipinski definition) is 7. The van der Waals surface area contributed by atoms with Crippen LogP contribution in [0, 0.1) is 0 Å². The van der Waals surface area contributed by atoms with Gasteiger partial charge in [-0.2, -0.15) is 0 Å². The van der Waals surface area contributed by atoms with Crippen LogP contribution < -0.4 is 22.1 Å². The fraction of sp³-hybridized carbons (Fsp3) is 0.600. The first-order valence-corrected chi connectivity index (χ1v) is 8.26. The van der Waals surface area contributed by atoms with Gasteiger partial charge in [-0.3, -0.25) is 9.59 Å². The Kier molecular flexibility index (Phi) is 12.3. The number of rotatable bonds is 12. The number of imidazole rings is 1. The number of aliphatic hydroxyl groups excluding tert-OH is 1. The predicted molar refractivity (Wildman–Crippen MR) is 91.8 cm³/mol. The first-order valence-electron chi connectivity index (χ1n) is 8.26. The average Bonchev–Trinajstić information content (AvgIpc) is 3.12. The number of unbranched alkanes of at least 4 members (excludes halogenated alkanes) is 1. The van der Waals surface area contributed by atoms with Crippen molar-refractivity contribution in [3.8, 4) is 0 Å². The summed E-state index contributed by atoms with van der Waals surface area (Å²) in [4.78, 5) is 42.4. The quantitative estimate of drug-likeness (QED) is 0.138. The first kappa shape index (κ1) is 25.0. The van der Waals surface area contributed by atoms with Crippen LogP contribution in [-0.4, -0.2) is 69.2 Å². The zero-order valence-corrected chi connectivity index (χ0v) is 15.6. The van der Waals surface area contributed by atoms with Crippen LogP contribution in [-0.2, 0) is 37.9 Å². The molecule has 157 valence electrons. The van der Waals surface area contributed by atoms with Crippen LogP contribution in [0.15, 0.2) is 12.5 Å². The molecule has 9 N–H and O–H groups in total. The molecule has 0 fully saturated rings. The number of aliphatic carboxylic acids is 1. The smallest absolute Gasteiger partial charge is 0.326 e. The van der Waals surface area contributed by atoms with E-state index in [2.05, 4.69) is 20.6 Å². The van der Waals surface area contributed by atoms with Gasteiger partial charge in [0.25, 0.3) is 0 Å². The van der Waals surface area contributed by atoms with Crippen LogP contribution >= 0.6 is 0 Å². The second-order valence-electron chi connectivity index (χ2n) is 5.82. The van der Waals surface area contributed by atoms with Gasteiger partial charge in [-0.1, -0.05) is 0 Å². The molecule has 1 heterocycles. The number of carbonyl (C=O) groups is 3. The van der Waals surface area contributed by atoms with E-state index in [0.29, 0.717) is 25.1 Å². The van der Waals surface area contributed by atoms with Crippen LogP contribution in [0.5, 0.6) is 0 Å². The van der Waals surface area contributed by atoms with E-state index >= 15 is 0 Å². The van der Waals surface area contributed by atoms with Crippen molar-refractivity contribution >= 4 is 17.8 Å². The van der Waals surface area contributed by atoms with Crippen LogP contribution in [0.4, 0.5) is 0 Å². The Bertz CT molecular complexity index is 585. The van der Waals surface area contributed by atoms with Crippen LogP contribution in [0.25, 0.3) is 0 Å². The number of carboxylic acid groups (broad SMARTS) is 1. The normalized spacial score (nSPS) is 13.7. The summed E-state index contributed by atoms with van der Waals surface area (Å²) in [5, 5.41) is 23.1. The van der Waals surface area contributed by atoms with E-state index < -0.39 is 42.5 Å². The molecule has 1 aromatic heterocycles. The number of aromatic amines is 1. The Morgan fingerprint density at radius 1 is 1.19 bits per heavy atom. The Balaban J connectivity index is 0.00000676. The molecule has 1 aromatic rings. The molecule has 12 heteroatoms. The number of hydrogen-bond acceptors (Lipinski definition) is 7. The number of carbonyl (C=O) groups excluding carboxylic acids is 2. The Morgan fingerprint density at radius 3 is 2.37 bits per heavy atom. The second kappa shape index (κ2) is 13.2. The standard InChI is InChI=1S/C15H26N6O5.Cu/c16-4-2-1-3-11(15(25)26)20-14(24)12(5-9-6-18-8-19-9)21-13(23)10(17)7-22;/h6,8,10-12,22H,1-5,7,16-17H2,(H,18,19)(H,20,24)(H,21,23)(H,25,26);/t10-,11-,12-;/m0./s1. The molecule has 0 bridgehead atoms. The van der Waals surface area contributed by atoms with Gasteiger partial charge in [-0.15, -0.1) is 0 Å². The van der Waals surface area contributed by atoms with Gasteiger partial charge in [0.1, 0.15) is 18.1 Å². The minimum Gasteiger partial charge on any atom is -0.480 e. The molecule has 0 saturated heterocycles. The van der Waals surface area contributed by atoms with Crippen molar-refractivity contribution in [2.45, 2.75) is 43.8 Å². The van der Waals surface area contributed by atoms with Crippen LogP contribution in [0.1, 0.15) is 25.0 Å². The minimum atomic E-state index is -1.19. The van der Waals surface area contributed by atoms with E-state index in [4.69, 9.17) is 16.6 Å². The van der Waals surface area contributed by atoms with Crippen molar-refractivity contribution in [2.24, 2.45) is 11.5 Å². The molecule has 27 heavy (non-hydrogen) atoms. The molecule has 0 aliphatic rings. The summed E-state index contributed by atoms with van der Waals surface area (Å²) < 4.78 is 0. The van der Waals surface area contributed by atoms with Crippen molar-refractivity contribution in [2.75, 3.05) is 13.2 Å². The number of H-pyrrole nitrogens is 1. The summed E-state index contributed by atoms with van der Waals surface area (Å²) in [7, 11) is 0. The van der Waals surface area contributed by atoms with Gasteiger partial charge >= 0.3 is 5.97 Å². The summed E-state index contributed by atoms with van der Waals surface area (Å²) in [6.45, 7) is -0.154. The molecular formula is C15H26CuN6O5. The molecule has 0 saturated carbocycles. The number of nitrogens with two attached hydrogens (primary N) is 2. The van der Waals surface area contributed by atoms with Gasteiger partial charge in [-0.05, 0) is 25.8 Å². The number of amides is 2. The molecule has 0 aliphatic carbocycles. The van der Waals surface area contributed by atoms with E-state index in [9.17, 15) is 19.5 Å². The van der Waals surface area contributed by atoms with E-state index in [-0.39, 0.29) is 29.9 Å². The summed E-state index contributed by atoms with van der Waals surface area (Å²) in [6.07, 6.45) is 4.36. The van der Waals surface area contributed by atoms with Gasteiger partial charge < -0.3 is 37.3 Å². The molecule has 0 aliphatic heterocycles. The van der Waals surface area contributed by atoms with Crippen molar-refractivity contribution in [3.05, 3.63) is 18.2 Å². The maximum absolute atomic E-state index is 12.5. The van der Waals surface area contributed by atoms with Crippen molar-refractivity contribution in [3.63, 3.8) is 0 Å². The molecule has 0 unspecified atom stereocenters. The fourth-order valence-corrected chi connectivity index (χ4v) is 2.21. The third-order valence-electron chi connectivity index (χ3n) is 3.71. The second-order valence-corrected chi connectivity index (χ2v) is 5.82. The third-order valence-corrected chi connectivity index (χ3v) is 3.71. The first-order chi connectivity index (χ1) is 12.4. The van der Waals surface area contributed by atoms with Crippen molar-refractivity contribution in [1.82, 2.24) is 20.6 Å². The molecule has 0 aromatic carbocycles. The van der Waals surface area contributed by atoms with Gasteiger partial charge in [0, 0.05) is 35.4 Å². The zero-order valence-electron chi connectivity index (χ0n) is 14.7. The maximum atomic E-state index is 12.5. The Morgan fingerprint density at radius 2 is 1.85 bits per heavy atom. The van der Waals surface area contributed by atoms with Crippen molar-refractivity contribution in [1.29, 1.82) is 0 Å². The van der Waals surface area contributed by atoms with Gasteiger partial charge in [-0.25, -0.2) is 9.78 Å². The molecule has 11 nitrogen and oxygen atoms in total. The SMILES string of the molecule is NCCCC[C@H](NC(=O)[C@H](Cc1cnc[nH]1)NC(=O)[C@@H](N)CO)C(=O)O.[Cu]. The van der Waals surface area contributed by atoms with Gasteiger partial charge in [0.15, 0.2) is 0 Å². The fourth-order valence-electron chi connectivity index (χ4n) is 2.21. The maximum Gasteiger partial charge on any atom is 0.326 e. The van der Waals surface area contributed by atoms with E-state index in [1.54, 1.807) is 0 Å². The number of carboxylic acids is 1. The molecular weight excluding hydrogens is 408 g/mol. The van der Waals surface area contributed by atoms with Gasteiger partial charge in [0.05, 0.1) is 12.9 Å². The van der Waals surface area contributed by atoms with Crippen LogP contribution in [0.2, 0.25) is 0 Å². The molecule has 3 atom stereocenters. The zero-order chi connectivity index (χ0) is 19.5. The third kappa shape index (κ3) is 8.98. The Labute approximate surface area is 167 Å².